The SMILES string of the molecule is COc1ccc(-c2nnc([Se]c3ccccc3)o2)cc1. The van der Waals surface area contributed by atoms with Crippen molar-refractivity contribution in [1.29, 1.82) is 0 Å². The third-order valence-electron chi connectivity index (χ3n) is 2.69. The molecule has 2 aromatic carbocycles. The Bertz CT molecular complexity index is 681. The first-order chi connectivity index (χ1) is 9.85. The van der Waals surface area contributed by atoms with E-state index >= 15 is 0 Å². The Labute approximate surface area is 123 Å². The van der Waals surface area contributed by atoms with Crippen molar-refractivity contribution in [2.45, 2.75) is 0 Å². The van der Waals surface area contributed by atoms with Gasteiger partial charge in [-0.05, 0) is 0 Å². The van der Waals surface area contributed by atoms with Gasteiger partial charge in [0.25, 0.3) is 0 Å². The van der Waals surface area contributed by atoms with E-state index in [1.165, 1.54) is 4.46 Å². The van der Waals surface area contributed by atoms with Crippen LogP contribution in [0.5, 0.6) is 5.75 Å². The van der Waals surface area contributed by atoms with Crippen LogP contribution < -0.4 is 14.0 Å². The number of benzene rings is 2. The van der Waals surface area contributed by atoms with E-state index in [1.54, 1.807) is 7.11 Å². The quantitative estimate of drug-likeness (QED) is 0.678. The molecule has 0 N–H and O–H groups in total. The van der Waals surface area contributed by atoms with Crippen molar-refractivity contribution in [3.8, 4) is 17.2 Å². The number of nitrogens with zero attached hydrogens (tertiary/aromatic N) is 2. The molecule has 0 amide bonds. The maximum absolute atomic E-state index is 5.71. The van der Waals surface area contributed by atoms with Crippen LogP contribution in [0.4, 0.5) is 0 Å². The molecule has 0 saturated carbocycles. The molecule has 0 aliphatic carbocycles. The van der Waals surface area contributed by atoms with Crippen LogP contribution >= 0.6 is 0 Å². The fraction of sp³-hybridized carbons (Fsp3) is 0.0667. The third-order valence-corrected chi connectivity index (χ3v) is 4.47. The average Bonchev–Trinajstić information content (AvgIpc) is 2.97. The molecular formula is C15H12N2O2Se. The summed E-state index contributed by atoms with van der Waals surface area (Å²) in [7, 11) is 1.64. The van der Waals surface area contributed by atoms with Crippen molar-refractivity contribution in [2.24, 2.45) is 0 Å². The molecule has 1 aromatic heterocycles. The van der Waals surface area contributed by atoms with Crippen LogP contribution in [0.15, 0.2) is 59.0 Å². The van der Waals surface area contributed by atoms with Gasteiger partial charge in [-0.1, -0.05) is 0 Å². The molecule has 100 valence electrons. The predicted octanol–water partition coefficient (Wildman–Crippen LogP) is 1.40. The number of methoxy groups -OCH3 is 1. The zero-order chi connectivity index (χ0) is 13.8. The predicted molar refractivity (Wildman–Crippen MR) is 77.8 cm³/mol. The second-order valence-electron chi connectivity index (χ2n) is 4.02. The van der Waals surface area contributed by atoms with E-state index in [9.17, 15) is 0 Å². The molecule has 0 aliphatic rings. The van der Waals surface area contributed by atoms with Gasteiger partial charge in [-0.3, -0.25) is 0 Å². The van der Waals surface area contributed by atoms with Crippen molar-refractivity contribution in [3.63, 3.8) is 0 Å². The number of aromatic nitrogens is 2. The van der Waals surface area contributed by atoms with Crippen molar-refractivity contribution >= 4 is 24.2 Å². The molecular weight excluding hydrogens is 319 g/mol. The summed E-state index contributed by atoms with van der Waals surface area (Å²) in [4.78, 5) is 0.675. The maximum atomic E-state index is 5.71. The topological polar surface area (TPSA) is 48.2 Å². The molecule has 20 heavy (non-hydrogen) atoms. The van der Waals surface area contributed by atoms with Crippen molar-refractivity contribution in [2.75, 3.05) is 7.11 Å². The van der Waals surface area contributed by atoms with E-state index in [1.807, 2.05) is 42.5 Å². The summed E-state index contributed by atoms with van der Waals surface area (Å²) < 4.78 is 12.1. The zero-order valence-electron chi connectivity index (χ0n) is 10.8. The van der Waals surface area contributed by atoms with Gasteiger partial charge in [-0.2, -0.15) is 0 Å². The summed E-state index contributed by atoms with van der Waals surface area (Å²) in [6.45, 7) is 0. The first-order valence-electron chi connectivity index (χ1n) is 6.06. The van der Waals surface area contributed by atoms with Gasteiger partial charge < -0.3 is 0 Å². The molecule has 0 atom stereocenters. The van der Waals surface area contributed by atoms with E-state index in [0.29, 0.717) is 10.7 Å². The van der Waals surface area contributed by atoms with Gasteiger partial charge in [0.2, 0.25) is 0 Å². The Morgan fingerprint density at radius 3 is 2.40 bits per heavy atom. The number of rotatable bonds is 4. The summed E-state index contributed by atoms with van der Waals surface area (Å²) in [6.07, 6.45) is 0. The molecule has 5 heteroatoms. The first-order valence-corrected chi connectivity index (χ1v) is 7.77. The second-order valence-corrected chi connectivity index (χ2v) is 6.17. The number of hydrogen-bond donors (Lipinski definition) is 0. The molecule has 0 fully saturated rings. The van der Waals surface area contributed by atoms with E-state index < -0.39 is 0 Å². The van der Waals surface area contributed by atoms with E-state index in [-0.39, 0.29) is 15.0 Å². The third kappa shape index (κ3) is 2.90. The summed E-state index contributed by atoms with van der Waals surface area (Å²) in [5.74, 6) is 1.35. The number of hydrogen-bond acceptors (Lipinski definition) is 4. The molecule has 1 heterocycles. The van der Waals surface area contributed by atoms with Gasteiger partial charge in [0, 0.05) is 0 Å². The van der Waals surface area contributed by atoms with Gasteiger partial charge in [0.05, 0.1) is 0 Å². The molecule has 3 aromatic rings. The van der Waals surface area contributed by atoms with E-state index in [0.717, 1.165) is 11.3 Å². The average molecular weight is 331 g/mol. The van der Waals surface area contributed by atoms with Gasteiger partial charge in [-0.25, -0.2) is 0 Å². The fourth-order valence-electron chi connectivity index (χ4n) is 1.69. The molecule has 0 spiro atoms. The number of ether oxygens (including phenoxy) is 1. The molecule has 3 rings (SSSR count). The molecule has 0 saturated heterocycles. The van der Waals surface area contributed by atoms with Gasteiger partial charge >= 0.3 is 122 Å². The molecule has 0 radical (unpaired) electrons. The van der Waals surface area contributed by atoms with E-state index in [2.05, 4.69) is 22.3 Å². The van der Waals surface area contributed by atoms with Crippen LogP contribution in [0.2, 0.25) is 0 Å². The molecule has 0 aliphatic heterocycles. The van der Waals surface area contributed by atoms with Gasteiger partial charge in [0.1, 0.15) is 0 Å². The summed E-state index contributed by atoms with van der Waals surface area (Å²) in [5.41, 5.74) is 0.897. The van der Waals surface area contributed by atoms with E-state index in [4.69, 9.17) is 9.15 Å². The second kappa shape index (κ2) is 5.90. The van der Waals surface area contributed by atoms with Crippen LogP contribution in [0.3, 0.4) is 0 Å². The molecule has 0 bridgehead atoms. The summed E-state index contributed by atoms with van der Waals surface area (Å²) in [5, 5.41) is 8.21. The Morgan fingerprint density at radius 2 is 1.70 bits per heavy atom. The normalized spacial score (nSPS) is 10.4. The zero-order valence-corrected chi connectivity index (χ0v) is 12.5. The van der Waals surface area contributed by atoms with Crippen LogP contribution in [0, 0.1) is 0 Å². The van der Waals surface area contributed by atoms with Gasteiger partial charge in [0.15, 0.2) is 0 Å². The van der Waals surface area contributed by atoms with Crippen LogP contribution in [0.25, 0.3) is 11.5 Å². The molecule has 4 nitrogen and oxygen atoms in total. The first kappa shape index (κ1) is 12.9. The Balaban J connectivity index is 1.79. The summed E-state index contributed by atoms with van der Waals surface area (Å²) >= 11 is 0.0407. The van der Waals surface area contributed by atoms with Crippen molar-refractivity contribution in [3.05, 3.63) is 54.6 Å². The monoisotopic (exact) mass is 332 g/mol. The Hall–Kier alpha value is -2.10. The van der Waals surface area contributed by atoms with Crippen molar-refractivity contribution < 1.29 is 9.15 Å². The Morgan fingerprint density at radius 1 is 0.950 bits per heavy atom. The molecule has 0 unspecified atom stereocenters. The van der Waals surface area contributed by atoms with Crippen LogP contribution in [0.1, 0.15) is 0 Å². The van der Waals surface area contributed by atoms with Gasteiger partial charge in [-0.15, -0.1) is 0 Å². The van der Waals surface area contributed by atoms with Crippen molar-refractivity contribution in [1.82, 2.24) is 10.2 Å². The Kier molecular flexibility index (Phi) is 3.81. The minimum absolute atomic E-state index is 0.0407. The fourth-order valence-corrected chi connectivity index (χ4v) is 3.15. The van der Waals surface area contributed by atoms with Crippen LogP contribution in [-0.4, -0.2) is 32.3 Å². The summed E-state index contributed by atoms with van der Waals surface area (Å²) in [6, 6.07) is 17.7. The standard InChI is InChI=1S/C15H12N2O2Se/c1-18-12-9-7-11(8-10-12)14-16-17-15(19-14)20-13-5-3-2-4-6-13/h2-10H,1H3. The minimum atomic E-state index is 0.0407. The van der Waals surface area contributed by atoms with Crippen LogP contribution in [-0.2, 0) is 0 Å².